The summed E-state index contributed by atoms with van der Waals surface area (Å²) in [6.45, 7) is 0. The van der Waals surface area contributed by atoms with Crippen molar-refractivity contribution in [1.82, 2.24) is 9.55 Å². The SMILES string of the molecule is COc1ccc(CCC(=O)Nc2ccccc2Sc2nccn2C)cc1. The van der Waals surface area contributed by atoms with Crippen LogP contribution in [-0.4, -0.2) is 22.6 Å². The molecule has 2 aromatic carbocycles. The Morgan fingerprint density at radius 3 is 2.65 bits per heavy atom. The molecule has 0 aliphatic heterocycles. The van der Waals surface area contributed by atoms with Crippen molar-refractivity contribution >= 4 is 23.4 Å². The van der Waals surface area contributed by atoms with Crippen LogP contribution in [0, 0.1) is 0 Å². The first-order valence-corrected chi connectivity index (χ1v) is 9.14. The molecular weight excluding hydrogens is 346 g/mol. The number of rotatable bonds is 7. The van der Waals surface area contributed by atoms with Gasteiger partial charge in [0.2, 0.25) is 5.91 Å². The number of aromatic nitrogens is 2. The van der Waals surface area contributed by atoms with E-state index in [9.17, 15) is 4.79 Å². The molecule has 0 atom stereocenters. The highest BCUT2D eigenvalue weighted by Crippen LogP contribution is 2.32. The van der Waals surface area contributed by atoms with Gasteiger partial charge in [-0.3, -0.25) is 4.79 Å². The first-order chi connectivity index (χ1) is 12.7. The summed E-state index contributed by atoms with van der Waals surface area (Å²) in [5, 5.41) is 3.89. The lowest BCUT2D eigenvalue weighted by atomic mass is 10.1. The summed E-state index contributed by atoms with van der Waals surface area (Å²) in [6.07, 6.45) is 4.77. The quantitative estimate of drug-likeness (QED) is 0.681. The third kappa shape index (κ3) is 4.67. The summed E-state index contributed by atoms with van der Waals surface area (Å²) in [4.78, 5) is 17.7. The number of aryl methyl sites for hydroxylation is 2. The number of methoxy groups -OCH3 is 1. The fourth-order valence-electron chi connectivity index (χ4n) is 2.47. The third-order valence-corrected chi connectivity index (χ3v) is 5.09. The molecule has 0 aliphatic rings. The molecule has 0 saturated heterocycles. The number of ether oxygens (including phenoxy) is 1. The zero-order chi connectivity index (χ0) is 18.4. The van der Waals surface area contributed by atoms with Crippen LogP contribution in [0.25, 0.3) is 0 Å². The second-order valence-electron chi connectivity index (χ2n) is 5.82. The number of anilines is 1. The third-order valence-electron chi connectivity index (χ3n) is 3.94. The van der Waals surface area contributed by atoms with Gasteiger partial charge in [0.25, 0.3) is 0 Å². The second kappa shape index (κ2) is 8.58. The smallest absolute Gasteiger partial charge is 0.224 e. The van der Waals surface area contributed by atoms with Crippen LogP contribution in [0.15, 0.2) is 71.0 Å². The topological polar surface area (TPSA) is 56.1 Å². The van der Waals surface area contributed by atoms with E-state index >= 15 is 0 Å². The van der Waals surface area contributed by atoms with E-state index in [1.165, 1.54) is 11.8 Å². The number of benzene rings is 2. The normalized spacial score (nSPS) is 10.5. The standard InChI is InChI=1S/C20H21N3O2S/c1-23-14-13-21-20(23)26-18-6-4-3-5-17(18)22-19(24)12-9-15-7-10-16(25-2)11-8-15/h3-8,10-11,13-14H,9,12H2,1-2H3,(H,22,24). The van der Waals surface area contributed by atoms with E-state index in [-0.39, 0.29) is 5.91 Å². The maximum atomic E-state index is 12.4. The number of para-hydroxylation sites is 1. The van der Waals surface area contributed by atoms with Crippen molar-refractivity contribution in [2.24, 2.45) is 7.05 Å². The van der Waals surface area contributed by atoms with Crippen LogP contribution in [-0.2, 0) is 18.3 Å². The van der Waals surface area contributed by atoms with Gasteiger partial charge in [0, 0.05) is 30.8 Å². The Hall–Kier alpha value is -2.73. The van der Waals surface area contributed by atoms with Gasteiger partial charge in [-0.1, -0.05) is 24.3 Å². The molecule has 0 spiro atoms. The molecule has 0 bridgehead atoms. The number of hydrogen-bond donors (Lipinski definition) is 1. The molecule has 1 N–H and O–H groups in total. The van der Waals surface area contributed by atoms with Crippen molar-refractivity contribution in [2.75, 3.05) is 12.4 Å². The number of hydrogen-bond acceptors (Lipinski definition) is 4. The largest absolute Gasteiger partial charge is 0.497 e. The molecule has 3 rings (SSSR count). The molecule has 0 unspecified atom stereocenters. The van der Waals surface area contributed by atoms with Crippen LogP contribution in [0.3, 0.4) is 0 Å². The lowest BCUT2D eigenvalue weighted by molar-refractivity contribution is -0.116. The molecule has 26 heavy (non-hydrogen) atoms. The van der Waals surface area contributed by atoms with Gasteiger partial charge in [0.1, 0.15) is 5.75 Å². The van der Waals surface area contributed by atoms with Crippen molar-refractivity contribution in [3.8, 4) is 5.75 Å². The maximum absolute atomic E-state index is 12.4. The molecule has 0 saturated carbocycles. The maximum Gasteiger partial charge on any atom is 0.224 e. The van der Waals surface area contributed by atoms with Crippen molar-refractivity contribution in [3.63, 3.8) is 0 Å². The Labute approximate surface area is 157 Å². The molecule has 1 heterocycles. The van der Waals surface area contributed by atoms with Crippen molar-refractivity contribution in [2.45, 2.75) is 22.9 Å². The molecule has 134 valence electrons. The molecule has 1 amide bonds. The summed E-state index contributed by atoms with van der Waals surface area (Å²) in [5.74, 6) is 0.812. The molecule has 6 heteroatoms. The molecule has 5 nitrogen and oxygen atoms in total. The van der Waals surface area contributed by atoms with Crippen LogP contribution in [0.4, 0.5) is 5.69 Å². The number of imidazole rings is 1. The van der Waals surface area contributed by atoms with Gasteiger partial charge in [-0.25, -0.2) is 4.98 Å². The molecule has 0 aliphatic carbocycles. The van der Waals surface area contributed by atoms with E-state index in [1.807, 2.05) is 66.3 Å². The number of carbonyl (C=O) groups excluding carboxylic acids is 1. The van der Waals surface area contributed by atoms with Gasteiger partial charge in [-0.05, 0) is 48.0 Å². The molecular formula is C20H21N3O2S. The van der Waals surface area contributed by atoms with E-state index in [4.69, 9.17) is 4.74 Å². The Balaban J connectivity index is 1.61. The first kappa shape index (κ1) is 18.1. The Kier molecular flexibility index (Phi) is 5.96. The Bertz CT molecular complexity index is 875. The fourth-order valence-corrected chi connectivity index (χ4v) is 3.36. The molecule has 0 radical (unpaired) electrons. The monoisotopic (exact) mass is 367 g/mol. The van der Waals surface area contributed by atoms with Gasteiger partial charge in [0.15, 0.2) is 5.16 Å². The second-order valence-corrected chi connectivity index (χ2v) is 6.82. The van der Waals surface area contributed by atoms with Gasteiger partial charge in [-0.2, -0.15) is 0 Å². The van der Waals surface area contributed by atoms with E-state index in [1.54, 1.807) is 13.3 Å². The van der Waals surface area contributed by atoms with Crippen LogP contribution in [0.1, 0.15) is 12.0 Å². The van der Waals surface area contributed by atoms with E-state index in [0.717, 1.165) is 27.1 Å². The summed E-state index contributed by atoms with van der Waals surface area (Å²) in [6, 6.07) is 15.6. The summed E-state index contributed by atoms with van der Waals surface area (Å²) in [5.41, 5.74) is 1.91. The van der Waals surface area contributed by atoms with E-state index in [0.29, 0.717) is 12.8 Å². The highest BCUT2D eigenvalue weighted by atomic mass is 32.2. The predicted molar refractivity (Wildman–Crippen MR) is 104 cm³/mol. The van der Waals surface area contributed by atoms with Gasteiger partial charge in [-0.15, -0.1) is 0 Å². The average molecular weight is 367 g/mol. The first-order valence-electron chi connectivity index (χ1n) is 8.32. The Morgan fingerprint density at radius 2 is 1.96 bits per heavy atom. The van der Waals surface area contributed by atoms with Crippen LogP contribution < -0.4 is 10.1 Å². The summed E-state index contributed by atoms with van der Waals surface area (Å²) in [7, 11) is 3.59. The number of carbonyl (C=O) groups is 1. The van der Waals surface area contributed by atoms with Crippen molar-refractivity contribution < 1.29 is 9.53 Å². The highest BCUT2D eigenvalue weighted by molar-refractivity contribution is 7.99. The van der Waals surface area contributed by atoms with Crippen LogP contribution in [0.5, 0.6) is 5.75 Å². The molecule has 3 aromatic rings. The minimum Gasteiger partial charge on any atom is -0.497 e. The Morgan fingerprint density at radius 1 is 1.19 bits per heavy atom. The molecule has 0 fully saturated rings. The lowest BCUT2D eigenvalue weighted by Gasteiger charge is -2.11. The van der Waals surface area contributed by atoms with Crippen molar-refractivity contribution in [1.29, 1.82) is 0 Å². The number of nitrogens with one attached hydrogen (secondary N) is 1. The minimum absolute atomic E-state index is 0.00583. The van der Waals surface area contributed by atoms with Crippen LogP contribution in [0.2, 0.25) is 0 Å². The van der Waals surface area contributed by atoms with Crippen LogP contribution >= 0.6 is 11.8 Å². The highest BCUT2D eigenvalue weighted by Gasteiger charge is 2.10. The van der Waals surface area contributed by atoms with E-state index in [2.05, 4.69) is 10.3 Å². The van der Waals surface area contributed by atoms with Crippen molar-refractivity contribution in [3.05, 3.63) is 66.5 Å². The minimum atomic E-state index is -0.00583. The van der Waals surface area contributed by atoms with Gasteiger partial charge < -0.3 is 14.6 Å². The summed E-state index contributed by atoms with van der Waals surface area (Å²) >= 11 is 1.53. The van der Waals surface area contributed by atoms with Gasteiger partial charge in [0.05, 0.1) is 12.8 Å². The lowest BCUT2D eigenvalue weighted by Crippen LogP contribution is -2.13. The number of amides is 1. The summed E-state index contributed by atoms with van der Waals surface area (Å²) < 4.78 is 7.10. The fraction of sp³-hybridized carbons (Fsp3) is 0.200. The zero-order valence-corrected chi connectivity index (χ0v) is 15.6. The van der Waals surface area contributed by atoms with E-state index < -0.39 is 0 Å². The predicted octanol–water partition coefficient (Wildman–Crippen LogP) is 4.15. The molecule has 1 aromatic heterocycles. The van der Waals surface area contributed by atoms with Gasteiger partial charge >= 0.3 is 0 Å². The number of nitrogens with zero attached hydrogens (tertiary/aromatic N) is 2. The zero-order valence-electron chi connectivity index (χ0n) is 14.8. The average Bonchev–Trinajstić information content (AvgIpc) is 3.07.